The van der Waals surface area contributed by atoms with Gasteiger partial charge in [-0.15, -0.1) is 6.42 Å². The molecular weight excluding hydrogens is 188 g/mol. The quantitative estimate of drug-likeness (QED) is 0.649. The van der Waals surface area contributed by atoms with Crippen LogP contribution in [0.4, 0.5) is 0 Å². The number of hydrogen-bond acceptors (Lipinski definition) is 2. The summed E-state index contributed by atoms with van der Waals surface area (Å²) in [7, 11) is 0. The van der Waals surface area contributed by atoms with Gasteiger partial charge in [-0.2, -0.15) is 0 Å². The number of hydrogen-bond donors (Lipinski definition) is 0. The minimum atomic E-state index is -0.244. The molecule has 15 heavy (non-hydrogen) atoms. The van der Waals surface area contributed by atoms with E-state index >= 15 is 0 Å². The third-order valence-electron chi connectivity index (χ3n) is 3.02. The van der Waals surface area contributed by atoms with Crippen LogP contribution in [0.25, 0.3) is 0 Å². The fourth-order valence-corrected chi connectivity index (χ4v) is 2.31. The fraction of sp³-hybridized carbons (Fsp3) is 0.769. The van der Waals surface area contributed by atoms with Crippen LogP contribution in [0.5, 0.6) is 0 Å². The molecule has 0 amide bonds. The lowest BCUT2D eigenvalue weighted by Gasteiger charge is -2.28. The molecule has 1 unspecified atom stereocenters. The predicted octanol–water partition coefficient (Wildman–Crippen LogP) is 2.56. The van der Waals surface area contributed by atoms with Gasteiger partial charge in [0.25, 0.3) is 0 Å². The minimum Gasteiger partial charge on any atom is -0.370 e. The summed E-state index contributed by atoms with van der Waals surface area (Å²) >= 11 is 0. The van der Waals surface area contributed by atoms with Gasteiger partial charge < -0.3 is 4.74 Å². The molecule has 1 fully saturated rings. The highest BCUT2D eigenvalue weighted by molar-refractivity contribution is 5.85. The van der Waals surface area contributed by atoms with Gasteiger partial charge in [0.1, 0.15) is 6.10 Å². The lowest BCUT2D eigenvalue weighted by atomic mass is 9.83. The van der Waals surface area contributed by atoms with Crippen LogP contribution in [-0.4, -0.2) is 18.5 Å². The van der Waals surface area contributed by atoms with Crippen LogP contribution in [0.3, 0.4) is 0 Å². The van der Waals surface area contributed by atoms with Crippen molar-refractivity contribution in [2.75, 3.05) is 6.61 Å². The van der Waals surface area contributed by atoms with Gasteiger partial charge in [0, 0.05) is 6.61 Å². The zero-order chi connectivity index (χ0) is 11.1. The Morgan fingerprint density at radius 1 is 1.47 bits per heavy atom. The second-order valence-corrected chi connectivity index (χ2v) is 4.12. The molecule has 0 aliphatic heterocycles. The average Bonchev–Trinajstić information content (AvgIpc) is 2.27. The molecule has 2 nitrogen and oxygen atoms in total. The van der Waals surface area contributed by atoms with E-state index in [9.17, 15) is 4.79 Å². The highest BCUT2D eigenvalue weighted by Crippen LogP contribution is 2.28. The number of carbonyl (C=O) groups is 1. The summed E-state index contributed by atoms with van der Waals surface area (Å²) < 4.78 is 5.55. The van der Waals surface area contributed by atoms with Crippen molar-refractivity contribution in [1.29, 1.82) is 0 Å². The van der Waals surface area contributed by atoms with Crippen LogP contribution in [-0.2, 0) is 9.53 Å². The van der Waals surface area contributed by atoms with Crippen molar-refractivity contribution in [3.05, 3.63) is 0 Å². The van der Waals surface area contributed by atoms with E-state index < -0.39 is 0 Å². The van der Waals surface area contributed by atoms with E-state index in [1.807, 2.05) is 6.92 Å². The van der Waals surface area contributed by atoms with Crippen LogP contribution in [0, 0.1) is 18.3 Å². The fourth-order valence-electron chi connectivity index (χ4n) is 2.31. The van der Waals surface area contributed by atoms with Gasteiger partial charge in [0.2, 0.25) is 0 Å². The first-order valence-corrected chi connectivity index (χ1v) is 5.87. The van der Waals surface area contributed by atoms with Gasteiger partial charge in [0.05, 0.1) is 6.42 Å². The van der Waals surface area contributed by atoms with E-state index in [0.29, 0.717) is 12.5 Å². The molecule has 0 saturated heterocycles. The second-order valence-electron chi connectivity index (χ2n) is 4.12. The first-order valence-electron chi connectivity index (χ1n) is 5.87. The number of Topliss-reactive ketones (excluding diaryl/α,β-unsaturated/α-hetero) is 1. The molecule has 0 heterocycles. The molecule has 0 spiro atoms. The average molecular weight is 208 g/mol. The Labute approximate surface area is 92.4 Å². The predicted molar refractivity (Wildman–Crippen MR) is 60.4 cm³/mol. The molecule has 1 aliphatic carbocycles. The molecule has 0 aromatic rings. The van der Waals surface area contributed by atoms with Gasteiger partial charge in [-0.25, -0.2) is 0 Å². The molecule has 1 aliphatic rings. The standard InChI is InChI=1S/C13H20O2/c1-3-8-12(14)13(15-4-2)11-9-6-5-7-10-11/h1,11,13H,4-10H2,2H3. The van der Waals surface area contributed by atoms with E-state index in [1.54, 1.807) is 0 Å². The zero-order valence-electron chi connectivity index (χ0n) is 9.50. The highest BCUT2D eigenvalue weighted by Gasteiger charge is 2.28. The Morgan fingerprint density at radius 3 is 2.67 bits per heavy atom. The molecule has 1 rings (SSSR count). The van der Waals surface area contributed by atoms with Gasteiger partial charge in [-0.3, -0.25) is 4.79 Å². The number of terminal acetylenes is 1. The molecule has 0 bridgehead atoms. The summed E-state index contributed by atoms with van der Waals surface area (Å²) in [5.41, 5.74) is 0. The molecule has 0 radical (unpaired) electrons. The summed E-state index contributed by atoms with van der Waals surface area (Å²) in [6.45, 7) is 2.52. The minimum absolute atomic E-state index is 0.0891. The topological polar surface area (TPSA) is 26.3 Å². The second kappa shape index (κ2) is 6.63. The Kier molecular flexibility index (Phi) is 5.42. The highest BCUT2D eigenvalue weighted by atomic mass is 16.5. The first-order chi connectivity index (χ1) is 7.29. The van der Waals surface area contributed by atoms with E-state index in [-0.39, 0.29) is 18.3 Å². The van der Waals surface area contributed by atoms with Crippen LogP contribution < -0.4 is 0 Å². The summed E-state index contributed by atoms with van der Waals surface area (Å²) in [5.74, 6) is 2.91. The van der Waals surface area contributed by atoms with Crippen molar-refractivity contribution in [2.24, 2.45) is 5.92 Å². The lowest BCUT2D eigenvalue weighted by Crippen LogP contribution is -2.33. The number of rotatable bonds is 5. The van der Waals surface area contributed by atoms with Crippen LogP contribution >= 0.6 is 0 Å². The SMILES string of the molecule is C#CCC(=O)C(OCC)C1CCCCC1. The van der Waals surface area contributed by atoms with Crippen LogP contribution in [0.15, 0.2) is 0 Å². The van der Waals surface area contributed by atoms with Crippen molar-refractivity contribution in [3.8, 4) is 12.3 Å². The van der Waals surface area contributed by atoms with E-state index in [4.69, 9.17) is 11.2 Å². The molecule has 0 aromatic carbocycles. The molecule has 2 heteroatoms. The maximum absolute atomic E-state index is 11.8. The number of ketones is 1. The normalized spacial score (nSPS) is 19.5. The van der Waals surface area contributed by atoms with Crippen molar-refractivity contribution in [2.45, 2.75) is 51.6 Å². The summed E-state index contributed by atoms with van der Waals surface area (Å²) in [5, 5.41) is 0. The smallest absolute Gasteiger partial charge is 0.173 e. The third-order valence-corrected chi connectivity index (χ3v) is 3.02. The van der Waals surface area contributed by atoms with E-state index in [2.05, 4.69) is 5.92 Å². The first kappa shape index (κ1) is 12.3. The number of ether oxygens (including phenoxy) is 1. The summed E-state index contributed by atoms with van der Waals surface area (Å²) in [6, 6.07) is 0. The van der Waals surface area contributed by atoms with Crippen molar-refractivity contribution in [3.63, 3.8) is 0 Å². The molecule has 84 valence electrons. The maximum atomic E-state index is 11.8. The summed E-state index contributed by atoms with van der Waals surface area (Å²) in [4.78, 5) is 11.8. The Bertz CT molecular complexity index is 233. The van der Waals surface area contributed by atoms with Crippen molar-refractivity contribution >= 4 is 5.78 Å². The van der Waals surface area contributed by atoms with E-state index in [1.165, 1.54) is 19.3 Å². The van der Waals surface area contributed by atoms with Crippen LogP contribution in [0.2, 0.25) is 0 Å². The van der Waals surface area contributed by atoms with Crippen LogP contribution in [0.1, 0.15) is 45.4 Å². The molecular formula is C13H20O2. The van der Waals surface area contributed by atoms with Crippen molar-refractivity contribution < 1.29 is 9.53 Å². The number of carbonyl (C=O) groups excluding carboxylic acids is 1. The van der Waals surface area contributed by atoms with Gasteiger partial charge in [-0.1, -0.05) is 25.2 Å². The monoisotopic (exact) mass is 208 g/mol. The Balaban J connectivity index is 2.55. The molecule has 0 aromatic heterocycles. The van der Waals surface area contributed by atoms with E-state index in [0.717, 1.165) is 12.8 Å². The third kappa shape index (κ3) is 3.68. The maximum Gasteiger partial charge on any atom is 0.173 e. The van der Waals surface area contributed by atoms with Gasteiger partial charge in [0.15, 0.2) is 5.78 Å². The van der Waals surface area contributed by atoms with Crippen molar-refractivity contribution in [1.82, 2.24) is 0 Å². The largest absolute Gasteiger partial charge is 0.370 e. The summed E-state index contributed by atoms with van der Waals surface area (Å²) in [6.07, 6.45) is 11.1. The Morgan fingerprint density at radius 2 is 2.13 bits per heavy atom. The molecule has 1 saturated carbocycles. The Hall–Kier alpha value is -0.810. The molecule has 0 N–H and O–H groups in total. The van der Waals surface area contributed by atoms with Gasteiger partial charge in [-0.05, 0) is 25.7 Å². The zero-order valence-corrected chi connectivity index (χ0v) is 9.50. The van der Waals surface area contributed by atoms with Gasteiger partial charge >= 0.3 is 0 Å². The molecule has 1 atom stereocenters. The lowest BCUT2D eigenvalue weighted by molar-refractivity contribution is -0.133.